The Balaban J connectivity index is 0. The Morgan fingerprint density at radius 3 is 2.12 bits per heavy atom. The van der Waals surface area contributed by atoms with Crippen LogP contribution in [-0.4, -0.2) is 11.9 Å². The summed E-state index contributed by atoms with van der Waals surface area (Å²) in [6.45, 7) is 1.81. The predicted molar refractivity (Wildman–Crippen MR) is 34.7 cm³/mol. The number of nitrogens with two attached hydrogens (primary N) is 2. The smallest absolute Gasteiger partial charge is 0.234 e. The van der Waals surface area contributed by atoms with Crippen LogP contribution in [0.3, 0.4) is 0 Å². The lowest BCUT2D eigenvalue weighted by Crippen LogP contribution is -2.35. The van der Waals surface area contributed by atoms with Crippen LogP contribution in [0.2, 0.25) is 0 Å². The number of halogens is 1. The van der Waals surface area contributed by atoms with E-state index in [1.54, 1.807) is 0 Å². The lowest BCUT2D eigenvalue weighted by Gasteiger charge is -1.98. The van der Waals surface area contributed by atoms with Crippen LogP contribution in [0.25, 0.3) is 0 Å². The van der Waals surface area contributed by atoms with Crippen molar-refractivity contribution in [1.82, 2.24) is 0 Å². The highest BCUT2D eigenvalue weighted by molar-refractivity contribution is 5.85. The van der Waals surface area contributed by atoms with Gasteiger partial charge in [0.15, 0.2) is 0 Å². The van der Waals surface area contributed by atoms with E-state index in [-0.39, 0.29) is 12.4 Å². The fourth-order valence-corrected chi connectivity index (χ4v) is 0.201. The molecule has 0 bridgehead atoms. The molecule has 0 rings (SSSR count). The van der Waals surface area contributed by atoms with Crippen molar-refractivity contribution >= 4 is 18.3 Å². The first-order valence-corrected chi connectivity index (χ1v) is 2.23. The maximum atomic E-state index is 10.0. The minimum absolute atomic E-state index is 0. The summed E-state index contributed by atoms with van der Waals surface area (Å²) in [5.41, 5.74) is 9.92. The molecule has 4 N–H and O–H groups in total. The van der Waals surface area contributed by atoms with E-state index >= 15 is 0 Å². The summed E-state index contributed by atoms with van der Waals surface area (Å²) in [4.78, 5) is 10.0. The average molecular weight is 139 g/mol. The number of hydrogen-bond acceptors (Lipinski definition) is 2. The van der Waals surface area contributed by atoms with Crippen molar-refractivity contribution in [2.24, 2.45) is 11.5 Å². The van der Waals surface area contributed by atoms with Gasteiger partial charge in [-0.15, -0.1) is 12.4 Å². The minimum Gasteiger partial charge on any atom is -0.368 e. The number of hydrogen-bond donors (Lipinski definition) is 2. The summed E-state index contributed by atoms with van der Waals surface area (Å²) in [5.74, 6) is -0.428. The van der Waals surface area contributed by atoms with Gasteiger partial charge < -0.3 is 11.5 Å². The number of amides is 1. The maximum absolute atomic E-state index is 10.0. The van der Waals surface area contributed by atoms with E-state index in [1.165, 1.54) is 0 Å². The first-order chi connectivity index (χ1) is 3.18. The van der Waals surface area contributed by atoms with E-state index in [0.717, 1.165) is 0 Å². The molecule has 0 fully saturated rings. The first kappa shape index (κ1) is 10.7. The Morgan fingerprint density at radius 2 is 2.12 bits per heavy atom. The molecule has 0 saturated heterocycles. The molecule has 0 aliphatic heterocycles. The van der Waals surface area contributed by atoms with Crippen molar-refractivity contribution in [3.63, 3.8) is 0 Å². The van der Waals surface area contributed by atoms with Gasteiger partial charge in [-0.1, -0.05) is 6.92 Å². The van der Waals surface area contributed by atoms with E-state index < -0.39 is 11.9 Å². The monoisotopic (exact) mass is 138 g/mol. The van der Waals surface area contributed by atoms with Crippen molar-refractivity contribution < 1.29 is 4.79 Å². The van der Waals surface area contributed by atoms with Gasteiger partial charge in [-0.25, -0.2) is 0 Å². The summed E-state index contributed by atoms with van der Waals surface area (Å²) in [7, 11) is 0. The molecule has 0 aliphatic carbocycles. The van der Waals surface area contributed by atoms with Gasteiger partial charge in [0.05, 0.1) is 6.04 Å². The molecule has 0 aromatic carbocycles. The van der Waals surface area contributed by atoms with Crippen molar-refractivity contribution in [2.75, 3.05) is 0 Å². The van der Waals surface area contributed by atoms with Crippen LogP contribution < -0.4 is 11.5 Å². The van der Waals surface area contributed by atoms with Crippen LogP contribution in [-0.2, 0) is 4.79 Å². The Bertz CT molecular complexity index is 76.4. The van der Waals surface area contributed by atoms with E-state index in [9.17, 15) is 4.79 Å². The second-order valence-corrected chi connectivity index (χ2v) is 1.42. The Kier molecular flexibility index (Phi) is 6.48. The quantitative estimate of drug-likeness (QED) is 0.547. The Labute approximate surface area is 54.8 Å². The molecule has 0 saturated carbocycles. The highest BCUT2D eigenvalue weighted by Gasteiger charge is 2.02. The molecule has 0 spiro atoms. The summed E-state index contributed by atoms with van der Waals surface area (Å²) in [6.07, 6.45) is 0.620. The van der Waals surface area contributed by atoms with Gasteiger partial charge in [0, 0.05) is 0 Å². The molecule has 1 atom stereocenters. The van der Waals surface area contributed by atoms with Crippen LogP contribution >= 0.6 is 12.4 Å². The van der Waals surface area contributed by atoms with Gasteiger partial charge in [0.2, 0.25) is 5.91 Å². The Morgan fingerprint density at radius 1 is 1.75 bits per heavy atom. The van der Waals surface area contributed by atoms with Gasteiger partial charge >= 0.3 is 0 Å². The van der Waals surface area contributed by atoms with E-state index in [2.05, 4.69) is 0 Å². The van der Waals surface area contributed by atoms with Gasteiger partial charge in [0.25, 0.3) is 0 Å². The number of rotatable bonds is 2. The third-order valence-corrected chi connectivity index (χ3v) is 0.805. The largest absolute Gasteiger partial charge is 0.368 e. The van der Waals surface area contributed by atoms with Gasteiger partial charge in [-0.2, -0.15) is 0 Å². The van der Waals surface area contributed by atoms with Crippen molar-refractivity contribution in [2.45, 2.75) is 19.4 Å². The first-order valence-electron chi connectivity index (χ1n) is 2.23. The fourth-order valence-electron chi connectivity index (χ4n) is 0.201. The van der Waals surface area contributed by atoms with Crippen LogP contribution in [0.15, 0.2) is 0 Å². The molecule has 8 heavy (non-hydrogen) atoms. The second kappa shape index (κ2) is 4.87. The molecule has 0 aromatic rings. The lowest BCUT2D eigenvalue weighted by molar-refractivity contribution is -0.119. The molecular formula is C4H11ClN2O. The molecule has 0 aromatic heterocycles. The molecule has 1 amide bonds. The SMILES string of the molecule is CC[C@H](N)C(N)=O.Cl. The number of primary amides is 1. The lowest BCUT2D eigenvalue weighted by atomic mass is 10.2. The topological polar surface area (TPSA) is 69.1 Å². The summed E-state index contributed by atoms with van der Waals surface area (Å²) < 4.78 is 0. The van der Waals surface area contributed by atoms with Crippen LogP contribution in [0.1, 0.15) is 13.3 Å². The normalized spacial score (nSPS) is 11.8. The average Bonchev–Trinajstić information content (AvgIpc) is 1.65. The summed E-state index contributed by atoms with van der Waals surface area (Å²) in [6, 6.07) is -0.458. The van der Waals surface area contributed by atoms with Gasteiger partial charge in [-0.05, 0) is 6.42 Å². The predicted octanol–water partition coefficient (Wildman–Crippen LogP) is -0.369. The zero-order valence-electron chi connectivity index (χ0n) is 4.76. The van der Waals surface area contributed by atoms with Crippen molar-refractivity contribution in [3.8, 4) is 0 Å². The van der Waals surface area contributed by atoms with Gasteiger partial charge in [-0.3, -0.25) is 4.79 Å². The molecule has 0 heterocycles. The van der Waals surface area contributed by atoms with E-state index in [4.69, 9.17) is 11.5 Å². The van der Waals surface area contributed by atoms with Crippen molar-refractivity contribution in [3.05, 3.63) is 0 Å². The molecular weight excluding hydrogens is 128 g/mol. The standard InChI is InChI=1S/C4H10N2O.ClH/c1-2-3(5)4(6)7;/h3H,2,5H2,1H3,(H2,6,7);1H/t3-;/m0./s1. The minimum atomic E-state index is -0.458. The molecule has 4 heteroatoms. The van der Waals surface area contributed by atoms with Crippen LogP contribution in [0.4, 0.5) is 0 Å². The van der Waals surface area contributed by atoms with Crippen LogP contribution in [0, 0.1) is 0 Å². The molecule has 0 aliphatic rings. The van der Waals surface area contributed by atoms with Crippen LogP contribution in [0.5, 0.6) is 0 Å². The number of carbonyl (C=O) groups excluding carboxylic acids is 1. The number of carbonyl (C=O) groups is 1. The summed E-state index contributed by atoms with van der Waals surface area (Å²) in [5, 5.41) is 0. The zero-order valence-corrected chi connectivity index (χ0v) is 5.57. The van der Waals surface area contributed by atoms with E-state index in [0.29, 0.717) is 6.42 Å². The molecule has 3 nitrogen and oxygen atoms in total. The molecule has 50 valence electrons. The van der Waals surface area contributed by atoms with Gasteiger partial charge in [0.1, 0.15) is 0 Å². The second-order valence-electron chi connectivity index (χ2n) is 1.42. The third kappa shape index (κ3) is 3.89. The molecule has 0 radical (unpaired) electrons. The van der Waals surface area contributed by atoms with E-state index in [1.807, 2.05) is 6.92 Å². The molecule has 0 unspecified atom stereocenters. The summed E-state index contributed by atoms with van der Waals surface area (Å²) >= 11 is 0. The third-order valence-electron chi connectivity index (χ3n) is 0.805. The van der Waals surface area contributed by atoms with Crippen molar-refractivity contribution in [1.29, 1.82) is 0 Å². The Hall–Kier alpha value is -0.280. The maximum Gasteiger partial charge on any atom is 0.234 e. The fraction of sp³-hybridized carbons (Fsp3) is 0.750. The highest BCUT2D eigenvalue weighted by Crippen LogP contribution is 1.80. The highest BCUT2D eigenvalue weighted by atomic mass is 35.5. The zero-order chi connectivity index (χ0) is 5.86.